The van der Waals surface area contributed by atoms with E-state index in [0.29, 0.717) is 10.7 Å². The second-order valence-corrected chi connectivity index (χ2v) is 7.95. The van der Waals surface area contributed by atoms with E-state index in [4.69, 9.17) is 4.74 Å². The Hall–Kier alpha value is -3.19. The van der Waals surface area contributed by atoms with Crippen LogP contribution in [0.1, 0.15) is 33.5 Å². The zero-order valence-corrected chi connectivity index (χ0v) is 17.6. The summed E-state index contributed by atoms with van der Waals surface area (Å²) in [4.78, 5) is 23.0. The van der Waals surface area contributed by atoms with Crippen molar-refractivity contribution in [1.29, 1.82) is 0 Å². The number of imidazole rings is 1. The molecule has 1 amide bonds. The van der Waals surface area contributed by atoms with Gasteiger partial charge in [0.1, 0.15) is 11.4 Å². The van der Waals surface area contributed by atoms with Gasteiger partial charge in [-0.25, -0.2) is 9.97 Å². The van der Waals surface area contributed by atoms with E-state index in [1.807, 2.05) is 54.8 Å². The number of rotatable bonds is 5. The summed E-state index contributed by atoms with van der Waals surface area (Å²) in [6.45, 7) is 6.10. The summed E-state index contributed by atoms with van der Waals surface area (Å²) in [5, 5.41) is 3.51. The second kappa shape index (κ2) is 7.67. The highest BCUT2D eigenvalue weighted by molar-refractivity contribution is 7.16. The van der Waals surface area contributed by atoms with Gasteiger partial charge in [0.2, 0.25) is 0 Å². The maximum absolute atomic E-state index is 12.8. The lowest BCUT2D eigenvalue weighted by atomic mass is 10.1. The van der Waals surface area contributed by atoms with Gasteiger partial charge in [-0.05, 0) is 56.7 Å². The number of carbonyl (C=O) groups excluding carboxylic acids is 1. The zero-order chi connectivity index (χ0) is 20.5. The van der Waals surface area contributed by atoms with Crippen LogP contribution in [-0.2, 0) is 6.42 Å². The number of carbonyl (C=O) groups is 1. The van der Waals surface area contributed by atoms with Crippen LogP contribution in [0.4, 0.5) is 5.13 Å². The molecular weight excluding hydrogens is 384 g/mol. The lowest BCUT2D eigenvalue weighted by Crippen LogP contribution is -2.12. The Bertz CT molecular complexity index is 1190. The first-order chi connectivity index (χ1) is 14.0. The zero-order valence-electron chi connectivity index (χ0n) is 16.8. The molecule has 148 valence electrons. The van der Waals surface area contributed by atoms with Crippen LogP contribution in [0.25, 0.3) is 16.9 Å². The van der Waals surface area contributed by atoms with E-state index in [2.05, 4.69) is 22.2 Å². The number of nitrogens with one attached hydrogen (secondary N) is 1. The van der Waals surface area contributed by atoms with E-state index in [0.717, 1.165) is 45.3 Å². The van der Waals surface area contributed by atoms with Gasteiger partial charge in [-0.1, -0.05) is 6.92 Å². The van der Waals surface area contributed by atoms with Crippen molar-refractivity contribution in [2.75, 3.05) is 12.4 Å². The summed E-state index contributed by atoms with van der Waals surface area (Å²) in [7, 11) is 1.64. The average molecular weight is 407 g/mol. The third kappa shape index (κ3) is 3.61. The van der Waals surface area contributed by atoms with Gasteiger partial charge in [-0.15, -0.1) is 11.3 Å². The van der Waals surface area contributed by atoms with E-state index in [9.17, 15) is 4.79 Å². The van der Waals surface area contributed by atoms with Gasteiger partial charge >= 0.3 is 0 Å². The van der Waals surface area contributed by atoms with Gasteiger partial charge in [0.25, 0.3) is 5.91 Å². The minimum atomic E-state index is -0.187. The Labute approximate surface area is 173 Å². The number of pyridine rings is 1. The number of aromatic nitrogens is 3. The van der Waals surface area contributed by atoms with Gasteiger partial charge in [0.05, 0.1) is 24.1 Å². The number of thiazole rings is 1. The van der Waals surface area contributed by atoms with Crippen molar-refractivity contribution < 1.29 is 9.53 Å². The third-order valence-corrected chi connectivity index (χ3v) is 5.82. The number of methoxy groups -OCH3 is 1. The van der Waals surface area contributed by atoms with E-state index < -0.39 is 0 Å². The first-order valence-electron chi connectivity index (χ1n) is 9.41. The van der Waals surface area contributed by atoms with E-state index in [1.54, 1.807) is 13.2 Å². The number of aryl methyl sites for hydroxylation is 3. The van der Waals surface area contributed by atoms with Crippen LogP contribution in [0.15, 0.2) is 42.6 Å². The molecule has 3 aromatic heterocycles. The molecule has 0 aliphatic carbocycles. The smallest absolute Gasteiger partial charge is 0.258 e. The standard InChI is InChI=1S/C22H22N4O2S/c1-5-18-13(2)26-12-16(8-11-19(26)23-18)21(27)25-22-24-20(14(3)29-22)15-6-9-17(28-4)10-7-15/h6-12H,5H2,1-4H3,(H,24,25,27). The van der Waals surface area contributed by atoms with Crippen LogP contribution in [0.2, 0.25) is 0 Å². The highest BCUT2D eigenvalue weighted by atomic mass is 32.1. The molecule has 0 saturated heterocycles. The van der Waals surface area contributed by atoms with Crippen LogP contribution in [0.5, 0.6) is 5.75 Å². The maximum atomic E-state index is 12.8. The molecule has 1 N–H and O–H groups in total. The quantitative estimate of drug-likeness (QED) is 0.512. The number of nitrogens with zero attached hydrogens (tertiary/aromatic N) is 3. The minimum Gasteiger partial charge on any atom is -0.497 e. The van der Waals surface area contributed by atoms with Crippen molar-refractivity contribution in [3.63, 3.8) is 0 Å². The number of amides is 1. The molecule has 1 aromatic carbocycles. The lowest BCUT2D eigenvalue weighted by molar-refractivity contribution is 0.102. The highest BCUT2D eigenvalue weighted by Crippen LogP contribution is 2.31. The Morgan fingerprint density at radius 1 is 1.14 bits per heavy atom. The SMILES string of the molecule is CCc1nc2ccc(C(=O)Nc3nc(-c4ccc(OC)cc4)c(C)s3)cn2c1C. The first-order valence-corrected chi connectivity index (χ1v) is 10.2. The average Bonchev–Trinajstić information content (AvgIpc) is 3.26. The summed E-state index contributed by atoms with van der Waals surface area (Å²) >= 11 is 1.46. The van der Waals surface area contributed by atoms with E-state index >= 15 is 0 Å². The minimum absolute atomic E-state index is 0.187. The third-order valence-electron chi connectivity index (χ3n) is 4.93. The fourth-order valence-corrected chi connectivity index (χ4v) is 4.15. The van der Waals surface area contributed by atoms with Crippen molar-refractivity contribution >= 4 is 28.0 Å². The number of fused-ring (bicyclic) bond motifs is 1. The number of hydrogen-bond acceptors (Lipinski definition) is 5. The topological polar surface area (TPSA) is 68.5 Å². The Kier molecular flexibility index (Phi) is 5.07. The molecule has 0 aliphatic rings. The number of benzene rings is 1. The fourth-order valence-electron chi connectivity index (χ4n) is 3.32. The Balaban J connectivity index is 1.58. The molecule has 7 heteroatoms. The summed E-state index contributed by atoms with van der Waals surface area (Å²) in [6.07, 6.45) is 2.69. The maximum Gasteiger partial charge on any atom is 0.258 e. The summed E-state index contributed by atoms with van der Waals surface area (Å²) < 4.78 is 7.17. The molecule has 0 atom stereocenters. The summed E-state index contributed by atoms with van der Waals surface area (Å²) in [5.41, 5.74) is 5.37. The first kappa shape index (κ1) is 19.1. The predicted molar refractivity (Wildman–Crippen MR) is 116 cm³/mol. The molecule has 0 unspecified atom stereocenters. The van der Waals surface area contributed by atoms with Gasteiger partial charge in [0.15, 0.2) is 5.13 Å². The lowest BCUT2D eigenvalue weighted by Gasteiger charge is -2.04. The number of ether oxygens (including phenoxy) is 1. The van der Waals surface area contributed by atoms with Crippen molar-refractivity contribution in [1.82, 2.24) is 14.4 Å². The van der Waals surface area contributed by atoms with Crippen LogP contribution in [0, 0.1) is 13.8 Å². The largest absolute Gasteiger partial charge is 0.497 e. The van der Waals surface area contributed by atoms with Gasteiger partial charge in [-0.3, -0.25) is 10.1 Å². The number of hydrogen-bond donors (Lipinski definition) is 1. The molecular formula is C22H22N4O2S. The van der Waals surface area contributed by atoms with Gasteiger partial charge in [-0.2, -0.15) is 0 Å². The van der Waals surface area contributed by atoms with Crippen LogP contribution >= 0.6 is 11.3 Å². The molecule has 3 heterocycles. The Morgan fingerprint density at radius 3 is 2.59 bits per heavy atom. The monoisotopic (exact) mass is 406 g/mol. The predicted octanol–water partition coefficient (Wildman–Crippen LogP) is 4.90. The summed E-state index contributed by atoms with van der Waals surface area (Å²) in [5.74, 6) is 0.611. The van der Waals surface area contributed by atoms with Crippen molar-refractivity contribution in [3.05, 3.63) is 64.4 Å². The highest BCUT2D eigenvalue weighted by Gasteiger charge is 2.15. The normalized spacial score (nSPS) is 11.0. The second-order valence-electron chi connectivity index (χ2n) is 6.75. The molecule has 0 bridgehead atoms. The van der Waals surface area contributed by atoms with Gasteiger partial charge in [0, 0.05) is 22.3 Å². The molecule has 29 heavy (non-hydrogen) atoms. The molecule has 0 saturated carbocycles. The van der Waals surface area contributed by atoms with Crippen molar-refractivity contribution in [2.45, 2.75) is 27.2 Å². The molecule has 6 nitrogen and oxygen atoms in total. The molecule has 0 aliphatic heterocycles. The molecule has 0 fully saturated rings. The van der Waals surface area contributed by atoms with Crippen LogP contribution in [-0.4, -0.2) is 27.4 Å². The fraction of sp³-hybridized carbons (Fsp3) is 0.227. The van der Waals surface area contributed by atoms with Crippen molar-refractivity contribution in [3.8, 4) is 17.0 Å². The van der Waals surface area contributed by atoms with Crippen LogP contribution in [0.3, 0.4) is 0 Å². The van der Waals surface area contributed by atoms with E-state index in [1.165, 1.54) is 11.3 Å². The molecule has 4 aromatic rings. The summed E-state index contributed by atoms with van der Waals surface area (Å²) in [6, 6.07) is 11.4. The molecule has 4 rings (SSSR count). The number of anilines is 1. The van der Waals surface area contributed by atoms with Gasteiger partial charge < -0.3 is 9.14 Å². The molecule has 0 spiro atoms. The van der Waals surface area contributed by atoms with Crippen molar-refractivity contribution in [2.24, 2.45) is 0 Å². The van der Waals surface area contributed by atoms with E-state index in [-0.39, 0.29) is 5.91 Å². The van der Waals surface area contributed by atoms with Crippen LogP contribution < -0.4 is 10.1 Å². The molecule has 0 radical (unpaired) electrons. The Morgan fingerprint density at radius 2 is 1.90 bits per heavy atom.